The van der Waals surface area contributed by atoms with E-state index in [9.17, 15) is 9.59 Å². The first-order valence-electron chi connectivity index (χ1n) is 8.59. The number of hydrogen-bond donors (Lipinski definition) is 3. The lowest BCUT2D eigenvalue weighted by Gasteiger charge is -2.28. The first kappa shape index (κ1) is 17.5. The summed E-state index contributed by atoms with van der Waals surface area (Å²) in [6.45, 7) is 1.67. The van der Waals surface area contributed by atoms with Crippen LogP contribution in [0.1, 0.15) is 12.8 Å². The highest BCUT2D eigenvalue weighted by molar-refractivity contribution is 5.91. The van der Waals surface area contributed by atoms with E-state index in [2.05, 4.69) is 39.3 Å². The van der Waals surface area contributed by atoms with Gasteiger partial charge in [-0.15, -0.1) is 0 Å². The maximum atomic E-state index is 12.0. The number of carbonyl (C=O) groups excluding carboxylic acids is 2. The molecule has 3 N–H and O–H groups in total. The van der Waals surface area contributed by atoms with E-state index in [4.69, 9.17) is 0 Å². The minimum Gasteiger partial charge on any atom is -0.367 e. The fourth-order valence-electron chi connectivity index (χ4n) is 2.81. The predicted octanol–water partition coefficient (Wildman–Crippen LogP) is 3.07. The molecule has 6 heteroatoms. The summed E-state index contributed by atoms with van der Waals surface area (Å²) >= 11 is 0. The van der Waals surface area contributed by atoms with E-state index in [0.717, 1.165) is 25.1 Å². The summed E-state index contributed by atoms with van der Waals surface area (Å²) in [6, 6.07) is 18.8. The zero-order valence-electron chi connectivity index (χ0n) is 14.4. The van der Waals surface area contributed by atoms with Crippen molar-refractivity contribution in [2.75, 3.05) is 23.3 Å². The van der Waals surface area contributed by atoms with Gasteiger partial charge in [-0.3, -0.25) is 10.2 Å². The van der Waals surface area contributed by atoms with E-state index < -0.39 is 6.03 Å². The molecule has 134 valence electrons. The standard InChI is InChI=1S/C20H22N4O2/c25-19(22-23-20(26)21-17-7-3-1-4-8-17)15-16-11-13-24(14-12-16)18-9-5-2-6-10-18/h1-11H,12-15H2,(H,22,25)(H2,21,23,26). The quantitative estimate of drug-likeness (QED) is 0.586. The number of benzene rings is 2. The molecule has 1 heterocycles. The minimum atomic E-state index is -0.475. The Kier molecular flexibility index (Phi) is 5.88. The Labute approximate surface area is 152 Å². The third kappa shape index (κ3) is 5.11. The third-order valence-corrected chi connectivity index (χ3v) is 4.16. The van der Waals surface area contributed by atoms with Gasteiger partial charge in [0.05, 0.1) is 0 Å². The van der Waals surface area contributed by atoms with Crippen LogP contribution in [0.3, 0.4) is 0 Å². The van der Waals surface area contributed by atoms with Crippen LogP contribution >= 0.6 is 0 Å². The van der Waals surface area contributed by atoms with Crippen molar-refractivity contribution in [2.45, 2.75) is 12.8 Å². The van der Waals surface area contributed by atoms with Gasteiger partial charge in [-0.05, 0) is 30.7 Å². The lowest BCUT2D eigenvalue weighted by atomic mass is 10.0. The topological polar surface area (TPSA) is 73.5 Å². The number of anilines is 2. The predicted molar refractivity (Wildman–Crippen MR) is 103 cm³/mol. The van der Waals surface area contributed by atoms with Crippen molar-refractivity contribution in [3.05, 3.63) is 72.3 Å². The molecule has 0 bridgehead atoms. The van der Waals surface area contributed by atoms with Crippen molar-refractivity contribution in [3.8, 4) is 0 Å². The van der Waals surface area contributed by atoms with Gasteiger partial charge in [-0.1, -0.05) is 48.0 Å². The molecule has 0 fully saturated rings. The Morgan fingerprint density at radius 3 is 2.27 bits per heavy atom. The molecule has 0 aliphatic carbocycles. The van der Waals surface area contributed by atoms with Crippen LogP contribution in [0.5, 0.6) is 0 Å². The molecule has 3 rings (SSSR count). The summed E-state index contributed by atoms with van der Waals surface area (Å²) in [5.74, 6) is -0.229. The Balaban J connectivity index is 1.41. The van der Waals surface area contributed by atoms with Gasteiger partial charge in [0, 0.05) is 30.9 Å². The Morgan fingerprint density at radius 2 is 1.62 bits per heavy atom. The molecule has 1 aliphatic heterocycles. The van der Waals surface area contributed by atoms with Crippen LogP contribution in [0.15, 0.2) is 72.3 Å². The molecular weight excluding hydrogens is 328 g/mol. The van der Waals surface area contributed by atoms with Crippen molar-refractivity contribution < 1.29 is 9.59 Å². The highest BCUT2D eigenvalue weighted by Crippen LogP contribution is 2.20. The number of hydrazine groups is 1. The Morgan fingerprint density at radius 1 is 0.923 bits per heavy atom. The van der Waals surface area contributed by atoms with Gasteiger partial charge in [0.1, 0.15) is 0 Å². The van der Waals surface area contributed by atoms with Gasteiger partial charge >= 0.3 is 6.03 Å². The van der Waals surface area contributed by atoms with Gasteiger partial charge < -0.3 is 10.2 Å². The minimum absolute atomic E-state index is 0.229. The zero-order chi connectivity index (χ0) is 18.2. The number of carbonyl (C=O) groups is 2. The molecule has 1 aliphatic rings. The maximum absolute atomic E-state index is 12.0. The summed E-state index contributed by atoms with van der Waals surface area (Å²) in [5, 5.41) is 2.64. The van der Waals surface area contributed by atoms with Gasteiger partial charge in [-0.25, -0.2) is 10.2 Å². The van der Waals surface area contributed by atoms with Crippen LogP contribution in [0.4, 0.5) is 16.2 Å². The van der Waals surface area contributed by atoms with Crippen molar-refractivity contribution in [3.63, 3.8) is 0 Å². The number of para-hydroxylation sites is 2. The molecule has 0 saturated heterocycles. The summed E-state index contributed by atoms with van der Waals surface area (Å²) in [4.78, 5) is 26.0. The molecule has 2 aromatic carbocycles. The van der Waals surface area contributed by atoms with E-state index in [0.29, 0.717) is 5.69 Å². The Bertz CT molecular complexity index is 775. The monoisotopic (exact) mass is 350 g/mol. The van der Waals surface area contributed by atoms with Crippen LogP contribution < -0.4 is 21.1 Å². The fourth-order valence-corrected chi connectivity index (χ4v) is 2.81. The second kappa shape index (κ2) is 8.71. The van der Waals surface area contributed by atoms with Crippen molar-refractivity contribution in [1.82, 2.24) is 10.9 Å². The summed E-state index contributed by atoms with van der Waals surface area (Å²) in [6.07, 6.45) is 3.20. The van der Waals surface area contributed by atoms with Crippen LogP contribution in [-0.4, -0.2) is 25.0 Å². The van der Waals surface area contributed by atoms with Crippen molar-refractivity contribution >= 4 is 23.3 Å². The number of nitrogens with zero attached hydrogens (tertiary/aromatic N) is 1. The smallest absolute Gasteiger partial charge is 0.337 e. The number of hydrogen-bond acceptors (Lipinski definition) is 3. The summed E-state index contributed by atoms with van der Waals surface area (Å²) in [7, 11) is 0. The molecule has 0 atom stereocenters. The molecule has 0 spiro atoms. The highest BCUT2D eigenvalue weighted by atomic mass is 16.2. The molecule has 2 aromatic rings. The lowest BCUT2D eigenvalue weighted by molar-refractivity contribution is -0.121. The summed E-state index contributed by atoms with van der Waals surface area (Å²) < 4.78 is 0. The van der Waals surface area contributed by atoms with Crippen LogP contribution in [0, 0.1) is 0 Å². The molecule has 6 nitrogen and oxygen atoms in total. The molecular formula is C20H22N4O2. The largest absolute Gasteiger partial charge is 0.367 e. The average molecular weight is 350 g/mol. The highest BCUT2D eigenvalue weighted by Gasteiger charge is 2.14. The molecule has 0 radical (unpaired) electrons. The van der Waals surface area contributed by atoms with E-state index >= 15 is 0 Å². The first-order chi connectivity index (χ1) is 12.7. The van der Waals surface area contributed by atoms with Crippen LogP contribution in [0.25, 0.3) is 0 Å². The summed E-state index contributed by atoms with van der Waals surface area (Å²) in [5.41, 5.74) is 7.74. The first-order valence-corrected chi connectivity index (χ1v) is 8.59. The number of amides is 3. The van der Waals surface area contributed by atoms with E-state index in [1.165, 1.54) is 5.69 Å². The SMILES string of the molecule is O=C(CC1=CCN(c2ccccc2)CC1)NNC(=O)Nc1ccccc1. The number of rotatable bonds is 4. The van der Waals surface area contributed by atoms with E-state index in [1.54, 1.807) is 12.1 Å². The number of nitrogens with one attached hydrogen (secondary N) is 3. The van der Waals surface area contributed by atoms with E-state index in [1.807, 2.05) is 36.4 Å². The third-order valence-electron chi connectivity index (χ3n) is 4.16. The van der Waals surface area contributed by atoms with E-state index in [-0.39, 0.29) is 12.3 Å². The molecule has 26 heavy (non-hydrogen) atoms. The normalized spacial score (nSPS) is 13.5. The van der Waals surface area contributed by atoms with Crippen LogP contribution in [0.2, 0.25) is 0 Å². The molecule has 0 unspecified atom stereocenters. The fraction of sp³-hybridized carbons (Fsp3) is 0.200. The van der Waals surface area contributed by atoms with Gasteiger partial charge in [0.15, 0.2) is 0 Å². The van der Waals surface area contributed by atoms with Gasteiger partial charge in [-0.2, -0.15) is 0 Å². The van der Waals surface area contributed by atoms with Gasteiger partial charge in [0.25, 0.3) is 0 Å². The van der Waals surface area contributed by atoms with Crippen molar-refractivity contribution in [2.24, 2.45) is 0 Å². The number of urea groups is 1. The molecule has 0 aromatic heterocycles. The average Bonchev–Trinajstić information content (AvgIpc) is 2.68. The second-order valence-corrected chi connectivity index (χ2v) is 6.06. The van der Waals surface area contributed by atoms with Gasteiger partial charge in [0.2, 0.25) is 5.91 Å². The lowest BCUT2D eigenvalue weighted by Crippen LogP contribution is -2.44. The molecule has 0 saturated carbocycles. The van der Waals surface area contributed by atoms with Crippen molar-refractivity contribution in [1.29, 1.82) is 0 Å². The maximum Gasteiger partial charge on any atom is 0.337 e. The Hall–Kier alpha value is -3.28. The van der Waals surface area contributed by atoms with Crippen LogP contribution in [-0.2, 0) is 4.79 Å². The molecule has 3 amide bonds. The zero-order valence-corrected chi connectivity index (χ0v) is 14.4. The second-order valence-electron chi connectivity index (χ2n) is 6.06.